The summed E-state index contributed by atoms with van der Waals surface area (Å²) in [4.78, 5) is 0. The molecule has 1 aliphatic heterocycles. The molecule has 1 heteroatoms. The first-order chi connectivity index (χ1) is 6.77. The Labute approximate surface area is 90.4 Å². The Hall–Kier alpha value is -0.690. The van der Waals surface area contributed by atoms with E-state index in [9.17, 15) is 0 Å². The molecule has 2 atom stereocenters. The van der Waals surface area contributed by atoms with Gasteiger partial charge in [0.2, 0.25) is 0 Å². The van der Waals surface area contributed by atoms with Gasteiger partial charge in [-0.25, -0.2) is 0 Å². The predicted molar refractivity (Wildman–Crippen MR) is 65.5 cm³/mol. The molecule has 0 amide bonds. The molecule has 1 fully saturated rings. The minimum atomic E-state index is 0.759. The molecule has 0 spiro atoms. The summed E-state index contributed by atoms with van der Waals surface area (Å²) in [6.07, 6.45) is 4.57. The second kappa shape index (κ2) is 4.22. The molecular formula is C13H16S. The highest BCUT2D eigenvalue weighted by atomic mass is 32.2. The van der Waals surface area contributed by atoms with Crippen LogP contribution in [0.5, 0.6) is 0 Å². The SMILES string of the molecule is CC(C)[C@H]1S[C@H]1/C=C/c1ccccc1. The van der Waals surface area contributed by atoms with E-state index in [1.54, 1.807) is 0 Å². The molecule has 1 saturated heterocycles. The average Bonchev–Trinajstić information content (AvgIpc) is 2.96. The van der Waals surface area contributed by atoms with Crippen molar-refractivity contribution >= 4 is 17.8 Å². The highest BCUT2D eigenvalue weighted by Gasteiger charge is 2.37. The lowest BCUT2D eigenvalue weighted by atomic mass is 10.1. The Morgan fingerprint density at radius 2 is 1.93 bits per heavy atom. The predicted octanol–water partition coefficient (Wildman–Crippen LogP) is 3.84. The Morgan fingerprint density at radius 3 is 2.50 bits per heavy atom. The van der Waals surface area contributed by atoms with E-state index >= 15 is 0 Å². The quantitative estimate of drug-likeness (QED) is 0.674. The molecule has 0 aliphatic carbocycles. The fourth-order valence-electron chi connectivity index (χ4n) is 1.60. The molecule has 0 N–H and O–H groups in total. The number of hydrogen-bond acceptors (Lipinski definition) is 1. The van der Waals surface area contributed by atoms with E-state index in [-0.39, 0.29) is 0 Å². The topological polar surface area (TPSA) is 0 Å². The third-order valence-corrected chi connectivity index (χ3v) is 4.10. The molecule has 2 rings (SSSR count). The van der Waals surface area contributed by atoms with Gasteiger partial charge in [0, 0.05) is 10.5 Å². The fraction of sp³-hybridized carbons (Fsp3) is 0.385. The average molecular weight is 204 g/mol. The third-order valence-electron chi connectivity index (χ3n) is 2.50. The zero-order valence-corrected chi connectivity index (χ0v) is 9.50. The summed E-state index contributed by atoms with van der Waals surface area (Å²) in [5, 5.41) is 1.62. The van der Waals surface area contributed by atoms with Crippen molar-refractivity contribution in [2.75, 3.05) is 0 Å². The van der Waals surface area contributed by atoms with Gasteiger partial charge in [0.05, 0.1) is 0 Å². The van der Waals surface area contributed by atoms with E-state index in [0.717, 1.165) is 16.4 Å². The molecule has 0 saturated carbocycles. The summed E-state index contributed by atoms with van der Waals surface area (Å²) in [6.45, 7) is 4.60. The molecule has 0 nitrogen and oxygen atoms in total. The van der Waals surface area contributed by atoms with E-state index in [0.29, 0.717) is 0 Å². The molecular weight excluding hydrogens is 188 g/mol. The van der Waals surface area contributed by atoms with Gasteiger partial charge in [0.15, 0.2) is 0 Å². The second-order valence-corrected chi connectivity index (χ2v) is 5.44. The first kappa shape index (κ1) is 9.85. The Kier molecular flexibility index (Phi) is 2.97. The summed E-state index contributed by atoms with van der Waals surface area (Å²) >= 11 is 2.08. The van der Waals surface area contributed by atoms with Crippen LogP contribution in [0.1, 0.15) is 19.4 Å². The lowest BCUT2D eigenvalue weighted by Crippen LogP contribution is -1.99. The summed E-state index contributed by atoms with van der Waals surface area (Å²) in [5.74, 6) is 0.811. The maximum absolute atomic E-state index is 2.34. The Balaban J connectivity index is 1.91. The normalized spacial score (nSPS) is 25.9. The van der Waals surface area contributed by atoms with Gasteiger partial charge in [0.25, 0.3) is 0 Å². The zero-order valence-electron chi connectivity index (χ0n) is 8.68. The maximum Gasteiger partial charge on any atom is 0.0355 e. The Morgan fingerprint density at radius 1 is 1.21 bits per heavy atom. The van der Waals surface area contributed by atoms with Crippen LogP contribution in [0.2, 0.25) is 0 Å². The van der Waals surface area contributed by atoms with Crippen LogP contribution in [-0.2, 0) is 0 Å². The minimum absolute atomic E-state index is 0.759. The van der Waals surface area contributed by atoms with Crippen LogP contribution in [-0.4, -0.2) is 10.5 Å². The molecule has 1 heterocycles. The first-order valence-electron chi connectivity index (χ1n) is 5.16. The molecule has 14 heavy (non-hydrogen) atoms. The van der Waals surface area contributed by atoms with Crippen LogP contribution >= 0.6 is 11.8 Å². The van der Waals surface area contributed by atoms with Crippen LogP contribution in [0.3, 0.4) is 0 Å². The van der Waals surface area contributed by atoms with Gasteiger partial charge in [-0.05, 0) is 11.5 Å². The number of hydrogen-bond donors (Lipinski definition) is 0. The first-order valence-corrected chi connectivity index (χ1v) is 6.10. The summed E-state index contributed by atoms with van der Waals surface area (Å²) in [6, 6.07) is 10.5. The molecule has 1 aromatic rings. The lowest BCUT2D eigenvalue weighted by molar-refractivity contribution is 0.661. The molecule has 0 aromatic heterocycles. The van der Waals surface area contributed by atoms with E-state index in [4.69, 9.17) is 0 Å². The lowest BCUT2D eigenvalue weighted by Gasteiger charge is -1.96. The van der Waals surface area contributed by atoms with Crippen LogP contribution in [0.4, 0.5) is 0 Å². The summed E-state index contributed by atoms with van der Waals surface area (Å²) in [5.41, 5.74) is 1.31. The monoisotopic (exact) mass is 204 g/mol. The number of thioether (sulfide) groups is 1. The van der Waals surface area contributed by atoms with Crippen molar-refractivity contribution in [2.24, 2.45) is 5.92 Å². The van der Waals surface area contributed by atoms with Gasteiger partial charge in [-0.1, -0.05) is 56.3 Å². The van der Waals surface area contributed by atoms with Gasteiger partial charge in [-0.2, -0.15) is 0 Å². The summed E-state index contributed by atoms with van der Waals surface area (Å²) < 4.78 is 0. The highest BCUT2D eigenvalue weighted by Crippen LogP contribution is 2.47. The molecule has 1 aromatic carbocycles. The van der Waals surface area contributed by atoms with Gasteiger partial charge in [-0.15, -0.1) is 11.8 Å². The van der Waals surface area contributed by atoms with Gasteiger partial charge in [-0.3, -0.25) is 0 Å². The third kappa shape index (κ3) is 2.42. The van der Waals surface area contributed by atoms with E-state index in [2.05, 4.69) is 68.1 Å². The van der Waals surface area contributed by atoms with Crippen molar-refractivity contribution in [1.29, 1.82) is 0 Å². The zero-order chi connectivity index (χ0) is 9.97. The van der Waals surface area contributed by atoms with Crippen molar-refractivity contribution in [3.63, 3.8) is 0 Å². The molecule has 1 aliphatic rings. The number of rotatable bonds is 3. The molecule has 74 valence electrons. The Bertz CT molecular complexity index is 313. The van der Waals surface area contributed by atoms with E-state index in [1.165, 1.54) is 5.56 Å². The van der Waals surface area contributed by atoms with Crippen molar-refractivity contribution in [2.45, 2.75) is 24.3 Å². The van der Waals surface area contributed by atoms with Crippen molar-refractivity contribution in [3.8, 4) is 0 Å². The standard InChI is InChI=1S/C13H16S/c1-10(2)13-12(14-13)9-8-11-6-4-3-5-7-11/h3-10,12-13H,1-2H3/b9-8+/t12-,13+/m0/s1. The molecule has 0 radical (unpaired) electrons. The molecule has 0 unspecified atom stereocenters. The van der Waals surface area contributed by atoms with Crippen molar-refractivity contribution < 1.29 is 0 Å². The van der Waals surface area contributed by atoms with Gasteiger partial charge in [0.1, 0.15) is 0 Å². The van der Waals surface area contributed by atoms with Gasteiger partial charge >= 0.3 is 0 Å². The number of benzene rings is 1. The fourth-order valence-corrected chi connectivity index (χ4v) is 2.76. The highest BCUT2D eigenvalue weighted by molar-refractivity contribution is 8.07. The molecule has 0 bridgehead atoms. The van der Waals surface area contributed by atoms with Crippen molar-refractivity contribution in [3.05, 3.63) is 42.0 Å². The maximum atomic E-state index is 2.34. The minimum Gasteiger partial charge on any atom is -0.148 e. The van der Waals surface area contributed by atoms with Crippen LogP contribution in [0.25, 0.3) is 6.08 Å². The summed E-state index contributed by atoms with van der Waals surface area (Å²) in [7, 11) is 0. The van der Waals surface area contributed by atoms with Crippen LogP contribution < -0.4 is 0 Å². The smallest absolute Gasteiger partial charge is 0.0355 e. The van der Waals surface area contributed by atoms with E-state index in [1.807, 2.05) is 0 Å². The van der Waals surface area contributed by atoms with Crippen LogP contribution in [0, 0.1) is 5.92 Å². The van der Waals surface area contributed by atoms with Crippen molar-refractivity contribution in [1.82, 2.24) is 0 Å². The van der Waals surface area contributed by atoms with E-state index < -0.39 is 0 Å². The largest absolute Gasteiger partial charge is 0.148 e. The van der Waals surface area contributed by atoms with Gasteiger partial charge < -0.3 is 0 Å². The second-order valence-electron chi connectivity index (χ2n) is 4.08. The van der Waals surface area contributed by atoms with Crippen LogP contribution in [0.15, 0.2) is 36.4 Å².